The molecule has 0 saturated carbocycles. The van der Waals surface area contributed by atoms with Crippen molar-refractivity contribution in [2.45, 2.75) is 27.4 Å². The van der Waals surface area contributed by atoms with Crippen LogP contribution in [0.25, 0.3) is 0 Å². The Labute approximate surface area is 61.8 Å². The van der Waals surface area contributed by atoms with Gasteiger partial charge in [-0.1, -0.05) is 7.43 Å². The maximum atomic E-state index is 4.80. The smallest absolute Gasteiger partial charge is 0.0907 e. The Morgan fingerprint density at radius 2 is 2.00 bits per heavy atom. The first kappa shape index (κ1) is 11.0. The van der Waals surface area contributed by atoms with Gasteiger partial charge in [-0.25, -0.2) is 0 Å². The highest BCUT2D eigenvalue weighted by molar-refractivity contribution is 7.99. The van der Waals surface area contributed by atoms with Crippen molar-refractivity contribution in [3.8, 4) is 0 Å². The normalized spacial score (nSPS) is 7.88. The first-order valence-electron chi connectivity index (χ1n) is 2.00. The summed E-state index contributed by atoms with van der Waals surface area (Å²) in [6, 6.07) is 0. The van der Waals surface area contributed by atoms with E-state index < -0.39 is 0 Å². The minimum atomic E-state index is 0. The molecule has 0 aromatic rings. The van der Waals surface area contributed by atoms with Crippen LogP contribution in [-0.2, 0) is 17.4 Å². The van der Waals surface area contributed by atoms with E-state index in [1.807, 2.05) is 13.8 Å². The third-order valence-corrected chi connectivity index (χ3v) is 0.524. The van der Waals surface area contributed by atoms with E-state index in [0.29, 0.717) is 0 Å². The average molecular weight is 151 g/mol. The number of ether oxygens (including phenoxy) is 1. The Morgan fingerprint density at radius 1 is 1.62 bits per heavy atom. The maximum Gasteiger partial charge on any atom is 0.0907 e. The second-order valence-corrected chi connectivity index (χ2v) is 2.42. The van der Waals surface area contributed by atoms with Crippen molar-refractivity contribution in [2.75, 3.05) is 0 Å². The molecule has 0 aromatic heterocycles. The molecule has 0 fully saturated rings. The van der Waals surface area contributed by atoms with Crippen molar-refractivity contribution in [1.29, 1.82) is 0 Å². The molecule has 50 valence electrons. The van der Waals surface area contributed by atoms with Gasteiger partial charge in [0.25, 0.3) is 0 Å². The summed E-state index contributed by atoms with van der Waals surface area (Å²) < 4.78 is 5.00. The van der Waals surface area contributed by atoms with Gasteiger partial charge in [0.15, 0.2) is 0 Å². The zero-order valence-electron chi connectivity index (χ0n) is 4.30. The van der Waals surface area contributed by atoms with Crippen molar-refractivity contribution >= 4 is 29.2 Å². The summed E-state index contributed by atoms with van der Waals surface area (Å²) in [5, 5.41) is 0. The lowest BCUT2D eigenvalue weighted by molar-refractivity contribution is 0.243. The fraction of sp³-hybridized carbons (Fsp3) is 0.800. The minimum absolute atomic E-state index is 0. The van der Waals surface area contributed by atoms with Gasteiger partial charge in [0.2, 0.25) is 0 Å². The predicted molar refractivity (Wildman–Crippen MR) is 42.9 cm³/mol. The van der Waals surface area contributed by atoms with Gasteiger partial charge in [-0.2, -0.15) is 0 Å². The van der Waals surface area contributed by atoms with E-state index in [-0.39, 0.29) is 17.9 Å². The molecule has 8 heavy (non-hydrogen) atoms. The van der Waals surface area contributed by atoms with Crippen molar-refractivity contribution in [3.05, 3.63) is 0 Å². The molecule has 0 bridgehead atoms. The van der Waals surface area contributed by atoms with Gasteiger partial charge in [0.05, 0.1) is 6.10 Å². The van der Waals surface area contributed by atoms with Gasteiger partial charge < -0.3 is 29.6 Å². The van der Waals surface area contributed by atoms with Gasteiger partial charge in [0.1, 0.15) is 0 Å². The number of hydrogen-bond acceptors (Lipinski definition) is 3. The fourth-order valence-electron chi connectivity index (χ4n) is 0.192. The SMILES string of the molecule is C.CC(C)OC(=S)[S-]. The molecule has 0 spiro atoms. The molecule has 0 radical (unpaired) electrons. The topological polar surface area (TPSA) is 9.23 Å². The molecule has 1 nitrogen and oxygen atoms in total. The zero-order valence-corrected chi connectivity index (χ0v) is 5.94. The summed E-state index contributed by atoms with van der Waals surface area (Å²) >= 11 is 8.93. The van der Waals surface area contributed by atoms with Crippen LogP contribution < -0.4 is 0 Å². The Kier molecular flexibility index (Phi) is 7.21. The molecule has 0 saturated heterocycles. The lowest BCUT2D eigenvalue weighted by Gasteiger charge is -2.11. The Hall–Kier alpha value is 0.110. The average Bonchev–Trinajstić information content (AvgIpc) is 1.27. The van der Waals surface area contributed by atoms with Crippen LogP contribution in [0.3, 0.4) is 0 Å². The van der Waals surface area contributed by atoms with Gasteiger partial charge in [-0.3, -0.25) is 0 Å². The van der Waals surface area contributed by atoms with Crippen LogP contribution in [0.2, 0.25) is 0 Å². The Morgan fingerprint density at radius 3 is 2.00 bits per heavy atom. The highest BCUT2D eigenvalue weighted by Crippen LogP contribution is 1.87. The van der Waals surface area contributed by atoms with Gasteiger partial charge in [-0.15, -0.1) is 0 Å². The molecule has 3 heteroatoms. The fourth-order valence-corrected chi connectivity index (χ4v) is 0.577. The molecular weight excluding hydrogens is 140 g/mol. The van der Waals surface area contributed by atoms with Crippen LogP contribution in [0.5, 0.6) is 0 Å². The lowest BCUT2D eigenvalue weighted by Crippen LogP contribution is -2.05. The van der Waals surface area contributed by atoms with E-state index in [4.69, 9.17) is 4.74 Å². The molecule has 0 rings (SSSR count). The van der Waals surface area contributed by atoms with Gasteiger partial charge >= 0.3 is 0 Å². The van der Waals surface area contributed by atoms with E-state index in [0.717, 1.165) is 0 Å². The van der Waals surface area contributed by atoms with E-state index >= 15 is 0 Å². The number of rotatable bonds is 1. The van der Waals surface area contributed by atoms with E-state index in [1.54, 1.807) is 0 Å². The van der Waals surface area contributed by atoms with Crippen molar-refractivity contribution < 1.29 is 4.74 Å². The van der Waals surface area contributed by atoms with Crippen LogP contribution in [0.1, 0.15) is 21.3 Å². The molecule has 0 N–H and O–H groups in total. The highest BCUT2D eigenvalue weighted by Gasteiger charge is 1.84. The maximum absolute atomic E-state index is 4.80. The lowest BCUT2D eigenvalue weighted by atomic mass is 10.5. The van der Waals surface area contributed by atoms with Gasteiger partial charge in [0, 0.05) is 4.38 Å². The van der Waals surface area contributed by atoms with Crippen molar-refractivity contribution in [2.24, 2.45) is 0 Å². The van der Waals surface area contributed by atoms with Gasteiger partial charge in [-0.05, 0) is 13.8 Å². The predicted octanol–water partition coefficient (Wildman–Crippen LogP) is 1.88. The largest absolute Gasteiger partial charge is 0.511 e. The molecular formula is C5H11OS2-. The number of hydrogen-bond donors (Lipinski definition) is 0. The third-order valence-electron chi connectivity index (χ3n) is 0.332. The summed E-state index contributed by atoms with van der Waals surface area (Å²) in [5.74, 6) is 0. The zero-order chi connectivity index (χ0) is 5.86. The van der Waals surface area contributed by atoms with Crippen LogP contribution in [-0.4, -0.2) is 10.5 Å². The van der Waals surface area contributed by atoms with Crippen molar-refractivity contribution in [1.82, 2.24) is 0 Å². The second kappa shape index (κ2) is 5.25. The molecule has 0 aromatic carbocycles. The van der Waals surface area contributed by atoms with Crippen LogP contribution >= 0.6 is 12.2 Å². The molecule has 0 amide bonds. The summed E-state index contributed by atoms with van der Waals surface area (Å²) in [7, 11) is 0. The minimum Gasteiger partial charge on any atom is -0.511 e. The summed E-state index contributed by atoms with van der Waals surface area (Å²) in [6.45, 7) is 3.78. The van der Waals surface area contributed by atoms with Crippen LogP contribution in [0, 0.1) is 0 Å². The summed E-state index contributed by atoms with van der Waals surface area (Å²) in [6.07, 6.45) is 0.130. The van der Waals surface area contributed by atoms with Crippen LogP contribution in [0.4, 0.5) is 0 Å². The quantitative estimate of drug-likeness (QED) is 0.418. The third kappa shape index (κ3) is 9.44. The first-order chi connectivity index (χ1) is 3.13. The van der Waals surface area contributed by atoms with Crippen LogP contribution in [0.15, 0.2) is 0 Å². The van der Waals surface area contributed by atoms with E-state index in [2.05, 4.69) is 24.8 Å². The Balaban J connectivity index is 0. The highest BCUT2D eigenvalue weighted by atomic mass is 32.1. The molecule has 0 aliphatic heterocycles. The van der Waals surface area contributed by atoms with E-state index in [1.165, 1.54) is 0 Å². The van der Waals surface area contributed by atoms with E-state index in [9.17, 15) is 0 Å². The molecule has 0 unspecified atom stereocenters. The molecule has 0 heterocycles. The van der Waals surface area contributed by atoms with Crippen molar-refractivity contribution in [3.63, 3.8) is 0 Å². The summed E-state index contributed by atoms with van der Waals surface area (Å²) in [5.41, 5.74) is 0. The number of thiocarbonyl (C=S) groups is 1. The standard InChI is InChI=1S/C4H8OS2.CH4/c1-3(2)5-4(6)7;/h3H,1-2H3,(H,6,7);1H4/p-1. The first-order valence-corrected chi connectivity index (χ1v) is 2.82. The molecule has 0 atom stereocenters. The molecule has 0 aliphatic rings. The summed E-state index contributed by atoms with van der Waals surface area (Å²) in [4.78, 5) is 0. The second-order valence-electron chi connectivity index (χ2n) is 1.42. The molecule has 0 aliphatic carbocycles. The Bertz CT molecular complexity index is 70.8. The monoisotopic (exact) mass is 151 g/mol.